The van der Waals surface area contributed by atoms with Gasteiger partial charge in [-0.15, -0.1) is 0 Å². The van der Waals surface area contributed by atoms with Gasteiger partial charge >= 0.3 is 11.9 Å². The molecule has 2 N–H and O–H groups in total. The van der Waals surface area contributed by atoms with E-state index in [9.17, 15) is 9.59 Å². The number of hydrogen-bond acceptors (Lipinski definition) is 3. The highest BCUT2D eigenvalue weighted by molar-refractivity contribution is 7.98. The van der Waals surface area contributed by atoms with Crippen molar-refractivity contribution in [3.05, 3.63) is 0 Å². The summed E-state index contributed by atoms with van der Waals surface area (Å²) < 4.78 is 0. The summed E-state index contributed by atoms with van der Waals surface area (Å²) in [6, 6.07) is 0. The number of thioether (sulfide) groups is 1. The summed E-state index contributed by atoms with van der Waals surface area (Å²) in [4.78, 5) is 20.6. The highest BCUT2D eigenvalue weighted by Crippen LogP contribution is 2.02. The molecule has 0 radical (unpaired) electrons. The maximum Gasteiger partial charge on any atom is 0.394 e. The monoisotopic (exact) mass is 191 g/mol. The Kier molecular flexibility index (Phi) is 5.53. The fourth-order valence-corrected chi connectivity index (χ4v) is 1.37. The van der Waals surface area contributed by atoms with Crippen molar-refractivity contribution in [2.45, 2.75) is 6.92 Å². The highest BCUT2D eigenvalue weighted by atomic mass is 32.2. The Bertz CT molecular complexity index is 172. The van der Waals surface area contributed by atoms with Gasteiger partial charge in [-0.2, -0.15) is 11.8 Å². The molecule has 70 valence electrons. The molecule has 0 aromatic carbocycles. The van der Waals surface area contributed by atoms with E-state index in [0.29, 0.717) is 12.5 Å². The Labute approximate surface area is 75.7 Å². The molecule has 0 aliphatic carbocycles. The van der Waals surface area contributed by atoms with Gasteiger partial charge in [0.1, 0.15) is 0 Å². The molecule has 1 amide bonds. The lowest BCUT2D eigenvalue weighted by Gasteiger charge is -2.08. The number of nitrogens with one attached hydrogen (secondary N) is 1. The van der Waals surface area contributed by atoms with Gasteiger partial charge in [0.05, 0.1) is 0 Å². The molecule has 0 saturated heterocycles. The largest absolute Gasteiger partial charge is 0.474 e. The lowest BCUT2D eigenvalue weighted by Crippen LogP contribution is -2.34. The Hall–Kier alpha value is -0.710. The van der Waals surface area contributed by atoms with Crippen LogP contribution < -0.4 is 5.32 Å². The lowest BCUT2D eigenvalue weighted by atomic mass is 10.2. The fourth-order valence-electron chi connectivity index (χ4n) is 0.686. The van der Waals surface area contributed by atoms with Crippen molar-refractivity contribution in [1.82, 2.24) is 5.32 Å². The summed E-state index contributed by atoms with van der Waals surface area (Å²) in [6.45, 7) is 2.38. The van der Waals surface area contributed by atoms with Crippen LogP contribution in [0.1, 0.15) is 6.92 Å². The highest BCUT2D eigenvalue weighted by Gasteiger charge is 2.11. The van der Waals surface area contributed by atoms with Gasteiger partial charge in [0, 0.05) is 6.54 Å². The van der Waals surface area contributed by atoms with E-state index in [1.54, 1.807) is 11.8 Å². The van der Waals surface area contributed by atoms with Crippen molar-refractivity contribution in [1.29, 1.82) is 0 Å². The minimum atomic E-state index is -1.42. The van der Waals surface area contributed by atoms with Gasteiger partial charge in [-0.25, -0.2) is 4.79 Å². The summed E-state index contributed by atoms with van der Waals surface area (Å²) in [5.41, 5.74) is 0. The van der Waals surface area contributed by atoms with Crippen molar-refractivity contribution in [2.75, 3.05) is 18.6 Å². The van der Waals surface area contributed by atoms with E-state index in [2.05, 4.69) is 5.32 Å². The van der Waals surface area contributed by atoms with Crippen molar-refractivity contribution >= 4 is 23.6 Å². The van der Waals surface area contributed by atoms with E-state index in [0.717, 1.165) is 5.75 Å². The maximum atomic E-state index is 10.5. The molecule has 0 rings (SSSR count). The van der Waals surface area contributed by atoms with Crippen LogP contribution in [0, 0.1) is 5.92 Å². The summed E-state index contributed by atoms with van der Waals surface area (Å²) in [7, 11) is 0. The van der Waals surface area contributed by atoms with Crippen molar-refractivity contribution in [3.63, 3.8) is 0 Å². The molecule has 1 atom stereocenters. The quantitative estimate of drug-likeness (QED) is 0.622. The van der Waals surface area contributed by atoms with Crippen LogP contribution in [0.3, 0.4) is 0 Å². The number of carboxylic acid groups (broad SMARTS) is 1. The maximum absolute atomic E-state index is 10.5. The van der Waals surface area contributed by atoms with E-state index in [1.165, 1.54) is 0 Å². The topological polar surface area (TPSA) is 66.4 Å². The molecule has 0 bridgehead atoms. The minimum Gasteiger partial charge on any atom is -0.474 e. The molecule has 0 saturated carbocycles. The van der Waals surface area contributed by atoms with Crippen LogP contribution in [0.15, 0.2) is 0 Å². The SMILES string of the molecule is CSC[C@@H](C)CNC(=O)C(=O)O. The molecule has 0 aromatic heterocycles. The van der Waals surface area contributed by atoms with Crippen LogP contribution in [0.25, 0.3) is 0 Å². The number of carboxylic acids is 1. The second-order valence-electron chi connectivity index (χ2n) is 2.58. The molecular weight excluding hydrogens is 178 g/mol. The molecule has 4 nitrogen and oxygen atoms in total. The average Bonchev–Trinajstić information content (AvgIpc) is 2.00. The second-order valence-corrected chi connectivity index (χ2v) is 3.49. The van der Waals surface area contributed by atoms with Gasteiger partial charge in [0.15, 0.2) is 0 Å². The Morgan fingerprint density at radius 3 is 2.58 bits per heavy atom. The first-order valence-corrected chi connectivity index (χ1v) is 4.97. The normalized spacial score (nSPS) is 12.2. The fraction of sp³-hybridized carbons (Fsp3) is 0.714. The zero-order valence-electron chi connectivity index (χ0n) is 7.16. The van der Waals surface area contributed by atoms with Gasteiger partial charge in [0.2, 0.25) is 0 Å². The van der Waals surface area contributed by atoms with Crippen LogP contribution in [0.4, 0.5) is 0 Å². The zero-order valence-corrected chi connectivity index (χ0v) is 7.98. The van der Waals surface area contributed by atoms with E-state index in [4.69, 9.17) is 5.11 Å². The molecule has 12 heavy (non-hydrogen) atoms. The third kappa shape index (κ3) is 5.01. The van der Waals surface area contributed by atoms with Crippen LogP contribution >= 0.6 is 11.8 Å². The van der Waals surface area contributed by atoms with Crippen LogP contribution in [0.5, 0.6) is 0 Å². The van der Waals surface area contributed by atoms with Gasteiger partial charge in [-0.05, 0) is 17.9 Å². The van der Waals surface area contributed by atoms with Gasteiger partial charge in [0.25, 0.3) is 0 Å². The summed E-state index contributed by atoms with van der Waals surface area (Å²) in [5.74, 6) is -1.13. The first-order valence-electron chi connectivity index (χ1n) is 3.58. The van der Waals surface area contributed by atoms with Crippen LogP contribution in [-0.4, -0.2) is 35.5 Å². The molecular formula is C7H13NO3S. The number of carbonyl (C=O) groups is 2. The standard InChI is InChI=1S/C7H13NO3S/c1-5(4-12-2)3-8-6(9)7(10)11/h5H,3-4H2,1-2H3,(H,8,9)(H,10,11)/t5-/m0/s1. The van der Waals surface area contributed by atoms with E-state index >= 15 is 0 Å². The van der Waals surface area contributed by atoms with Gasteiger partial charge in [-0.3, -0.25) is 4.79 Å². The summed E-state index contributed by atoms with van der Waals surface area (Å²) >= 11 is 1.67. The van der Waals surface area contributed by atoms with E-state index in [-0.39, 0.29) is 0 Å². The molecule has 0 fully saturated rings. The summed E-state index contributed by atoms with van der Waals surface area (Å²) in [5, 5.41) is 10.5. The third-order valence-electron chi connectivity index (χ3n) is 1.26. The molecule has 5 heteroatoms. The zero-order chi connectivity index (χ0) is 9.56. The molecule has 0 spiro atoms. The molecule has 0 aliphatic heterocycles. The molecule has 0 heterocycles. The van der Waals surface area contributed by atoms with E-state index in [1.807, 2.05) is 13.2 Å². The molecule has 0 unspecified atom stereocenters. The third-order valence-corrected chi connectivity index (χ3v) is 2.16. The van der Waals surface area contributed by atoms with Crippen molar-refractivity contribution in [3.8, 4) is 0 Å². The summed E-state index contributed by atoms with van der Waals surface area (Å²) in [6.07, 6.45) is 1.97. The Morgan fingerprint density at radius 1 is 1.58 bits per heavy atom. The number of hydrogen-bond donors (Lipinski definition) is 2. The lowest BCUT2D eigenvalue weighted by molar-refractivity contribution is -0.150. The Balaban J connectivity index is 3.54. The second kappa shape index (κ2) is 5.88. The first kappa shape index (κ1) is 11.3. The molecule has 0 aromatic rings. The van der Waals surface area contributed by atoms with Crippen molar-refractivity contribution < 1.29 is 14.7 Å². The predicted octanol–water partition coefficient (Wildman–Crippen LogP) is 0.186. The number of amides is 1. The predicted molar refractivity (Wildman–Crippen MR) is 48.2 cm³/mol. The average molecular weight is 191 g/mol. The van der Waals surface area contributed by atoms with Gasteiger partial charge in [-0.1, -0.05) is 6.92 Å². The van der Waals surface area contributed by atoms with Crippen LogP contribution in [-0.2, 0) is 9.59 Å². The minimum absolute atomic E-state index is 0.309. The number of aliphatic carboxylic acids is 1. The Morgan fingerprint density at radius 2 is 2.17 bits per heavy atom. The first-order chi connectivity index (χ1) is 5.57. The number of carbonyl (C=O) groups excluding carboxylic acids is 1. The molecule has 0 aliphatic rings. The van der Waals surface area contributed by atoms with Crippen LogP contribution in [0.2, 0.25) is 0 Å². The van der Waals surface area contributed by atoms with Crippen molar-refractivity contribution in [2.24, 2.45) is 5.92 Å². The van der Waals surface area contributed by atoms with E-state index < -0.39 is 11.9 Å². The number of rotatable bonds is 4. The smallest absolute Gasteiger partial charge is 0.394 e. The van der Waals surface area contributed by atoms with Gasteiger partial charge < -0.3 is 10.4 Å².